The number of sulfonamides is 1. The molecule has 146 valence electrons. The Morgan fingerprint density at radius 3 is 2.69 bits per heavy atom. The minimum Gasteiger partial charge on any atom is -0.355 e. The third-order valence-electron chi connectivity index (χ3n) is 4.35. The molecule has 1 fully saturated rings. The molecule has 0 saturated carbocycles. The van der Waals surface area contributed by atoms with Crippen molar-refractivity contribution in [2.45, 2.75) is 45.2 Å². The number of benzene rings is 1. The van der Waals surface area contributed by atoms with Crippen molar-refractivity contribution < 1.29 is 17.6 Å². The first-order valence-corrected chi connectivity index (χ1v) is 11.8. The van der Waals surface area contributed by atoms with E-state index in [9.17, 15) is 17.6 Å². The van der Waals surface area contributed by atoms with Crippen molar-refractivity contribution in [2.75, 3.05) is 23.8 Å². The Morgan fingerprint density at radius 2 is 2.00 bits per heavy atom. The van der Waals surface area contributed by atoms with E-state index in [2.05, 4.69) is 12.2 Å². The maximum absolute atomic E-state index is 13.1. The maximum Gasteiger partial charge on any atom is 0.239 e. The number of nitrogens with zero attached hydrogens (tertiary/aromatic N) is 1. The summed E-state index contributed by atoms with van der Waals surface area (Å²) in [5.74, 6) is 0.300. The second kappa shape index (κ2) is 10.3. The lowest BCUT2D eigenvalue weighted by atomic mass is 10.2. The molecule has 1 saturated heterocycles. The number of carbonyl (C=O) groups is 1. The van der Waals surface area contributed by atoms with Gasteiger partial charge in [0.15, 0.2) is 0 Å². The van der Waals surface area contributed by atoms with E-state index in [0.717, 1.165) is 25.7 Å². The van der Waals surface area contributed by atoms with E-state index in [1.54, 1.807) is 12.1 Å². The zero-order valence-corrected chi connectivity index (χ0v) is 16.8. The molecule has 1 atom stereocenters. The number of rotatable bonds is 8. The number of hydrogen-bond donors (Lipinski definition) is 1. The van der Waals surface area contributed by atoms with Gasteiger partial charge in [-0.25, -0.2) is 12.8 Å². The van der Waals surface area contributed by atoms with Gasteiger partial charge >= 0.3 is 0 Å². The van der Waals surface area contributed by atoms with Crippen LogP contribution in [-0.4, -0.2) is 48.5 Å². The second-order valence-electron chi connectivity index (χ2n) is 6.43. The van der Waals surface area contributed by atoms with Gasteiger partial charge in [-0.3, -0.25) is 4.79 Å². The van der Waals surface area contributed by atoms with Crippen molar-refractivity contribution in [3.8, 4) is 0 Å². The van der Waals surface area contributed by atoms with Crippen LogP contribution in [0.25, 0.3) is 0 Å². The number of amides is 1. The van der Waals surface area contributed by atoms with E-state index >= 15 is 0 Å². The molecule has 0 aromatic heterocycles. The molecule has 2 rings (SSSR count). The van der Waals surface area contributed by atoms with Gasteiger partial charge in [-0.1, -0.05) is 38.3 Å². The fraction of sp³-hybridized carbons (Fsp3) is 0.611. The monoisotopic (exact) mass is 402 g/mol. The number of hydrogen-bond acceptors (Lipinski definition) is 4. The Kier molecular flexibility index (Phi) is 8.37. The van der Waals surface area contributed by atoms with Gasteiger partial charge in [0.05, 0.1) is 5.75 Å². The van der Waals surface area contributed by atoms with E-state index in [0.29, 0.717) is 23.6 Å². The zero-order valence-electron chi connectivity index (χ0n) is 15.1. The van der Waals surface area contributed by atoms with Crippen LogP contribution < -0.4 is 5.32 Å². The van der Waals surface area contributed by atoms with Crippen molar-refractivity contribution >= 4 is 27.7 Å². The molecule has 1 N–H and O–H groups in total. The summed E-state index contributed by atoms with van der Waals surface area (Å²) >= 11 is 1.48. The van der Waals surface area contributed by atoms with Crippen LogP contribution in [0, 0.1) is 5.82 Å². The first-order chi connectivity index (χ1) is 12.4. The smallest absolute Gasteiger partial charge is 0.239 e. The summed E-state index contributed by atoms with van der Waals surface area (Å²) in [6.07, 6.45) is 4.19. The molecule has 1 aliphatic heterocycles. The van der Waals surface area contributed by atoms with Gasteiger partial charge in [0.2, 0.25) is 15.9 Å². The Balaban J connectivity index is 2.09. The Morgan fingerprint density at radius 1 is 1.27 bits per heavy atom. The lowest BCUT2D eigenvalue weighted by Crippen LogP contribution is -2.50. The fourth-order valence-electron chi connectivity index (χ4n) is 2.82. The Labute approximate surface area is 159 Å². The van der Waals surface area contributed by atoms with E-state index < -0.39 is 16.1 Å². The summed E-state index contributed by atoms with van der Waals surface area (Å²) in [4.78, 5) is 12.6. The number of unbranched alkanes of at least 4 members (excludes halogenated alkanes) is 3. The number of halogens is 1. The topological polar surface area (TPSA) is 66.5 Å². The predicted molar refractivity (Wildman–Crippen MR) is 104 cm³/mol. The molecular formula is C18H27FN2O3S2. The summed E-state index contributed by atoms with van der Waals surface area (Å²) < 4.78 is 39.7. The van der Waals surface area contributed by atoms with Crippen LogP contribution in [0.2, 0.25) is 0 Å². The molecule has 1 heterocycles. The average Bonchev–Trinajstić information content (AvgIpc) is 2.75. The fourth-order valence-corrected chi connectivity index (χ4v) is 6.09. The molecule has 0 radical (unpaired) electrons. The highest BCUT2D eigenvalue weighted by Gasteiger charge is 2.36. The van der Waals surface area contributed by atoms with E-state index in [1.165, 1.54) is 28.2 Å². The van der Waals surface area contributed by atoms with Crippen LogP contribution in [-0.2, 0) is 21.4 Å². The third kappa shape index (κ3) is 6.25. The quantitative estimate of drug-likeness (QED) is 0.679. The molecule has 1 unspecified atom stereocenters. The zero-order chi connectivity index (χ0) is 19.0. The minimum atomic E-state index is -3.54. The van der Waals surface area contributed by atoms with Crippen LogP contribution in [0.3, 0.4) is 0 Å². The Hall–Kier alpha value is -1.12. The third-order valence-corrected chi connectivity index (χ3v) is 7.47. The van der Waals surface area contributed by atoms with Crippen molar-refractivity contribution in [1.82, 2.24) is 9.62 Å². The molecule has 1 aromatic carbocycles. The molecular weight excluding hydrogens is 375 g/mol. The normalized spacial score (nSPS) is 20.5. The lowest BCUT2D eigenvalue weighted by Gasteiger charge is -2.27. The van der Waals surface area contributed by atoms with Crippen LogP contribution >= 0.6 is 11.8 Å². The van der Waals surface area contributed by atoms with Crippen LogP contribution in [0.1, 0.15) is 38.2 Å². The first-order valence-electron chi connectivity index (χ1n) is 9.03. The van der Waals surface area contributed by atoms with Crippen molar-refractivity contribution in [3.05, 3.63) is 35.6 Å². The minimum absolute atomic E-state index is 0.0130. The van der Waals surface area contributed by atoms with Gasteiger partial charge in [-0.15, -0.1) is 0 Å². The molecule has 0 aliphatic carbocycles. The van der Waals surface area contributed by atoms with E-state index in [4.69, 9.17) is 0 Å². The SMILES string of the molecule is CCCCCCNC(=O)C1CSCCS(=O)(=O)N1Cc1ccc(F)cc1. The summed E-state index contributed by atoms with van der Waals surface area (Å²) in [7, 11) is -3.54. The molecule has 5 nitrogen and oxygen atoms in total. The highest BCUT2D eigenvalue weighted by Crippen LogP contribution is 2.22. The lowest BCUT2D eigenvalue weighted by molar-refractivity contribution is -0.124. The average molecular weight is 403 g/mol. The first kappa shape index (κ1) is 21.2. The second-order valence-corrected chi connectivity index (χ2v) is 9.62. The summed E-state index contributed by atoms with van der Waals surface area (Å²) in [5, 5.41) is 2.88. The summed E-state index contributed by atoms with van der Waals surface area (Å²) in [6, 6.07) is 4.99. The maximum atomic E-state index is 13.1. The van der Waals surface area contributed by atoms with Crippen molar-refractivity contribution in [3.63, 3.8) is 0 Å². The van der Waals surface area contributed by atoms with Gasteiger partial charge in [0.1, 0.15) is 11.9 Å². The van der Waals surface area contributed by atoms with E-state index in [1.807, 2.05) is 0 Å². The Bertz CT molecular complexity index is 680. The van der Waals surface area contributed by atoms with Crippen LogP contribution in [0.15, 0.2) is 24.3 Å². The van der Waals surface area contributed by atoms with Crippen LogP contribution in [0.4, 0.5) is 4.39 Å². The summed E-state index contributed by atoms with van der Waals surface area (Å²) in [5.41, 5.74) is 0.669. The largest absolute Gasteiger partial charge is 0.355 e. The van der Waals surface area contributed by atoms with Gasteiger partial charge in [-0.05, 0) is 24.1 Å². The van der Waals surface area contributed by atoms with Gasteiger partial charge in [-0.2, -0.15) is 16.1 Å². The van der Waals surface area contributed by atoms with E-state index in [-0.39, 0.29) is 24.0 Å². The standard InChI is InChI=1S/C18H27FN2O3S2/c1-2-3-4-5-10-20-18(22)17-14-25-11-12-26(23,24)21(17)13-15-6-8-16(19)9-7-15/h6-9,17H,2-5,10-14H2,1H3,(H,20,22). The molecule has 8 heteroatoms. The number of thioether (sulfide) groups is 1. The molecule has 1 aromatic rings. The van der Waals surface area contributed by atoms with Crippen molar-refractivity contribution in [1.29, 1.82) is 0 Å². The van der Waals surface area contributed by atoms with Gasteiger partial charge in [0, 0.05) is 24.6 Å². The summed E-state index contributed by atoms with van der Waals surface area (Å²) in [6.45, 7) is 2.76. The highest BCUT2D eigenvalue weighted by molar-refractivity contribution is 8.00. The molecule has 0 spiro atoms. The van der Waals surface area contributed by atoms with Crippen molar-refractivity contribution in [2.24, 2.45) is 0 Å². The van der Waals surface area contributed by atoms with Gasteiger partial charge < -0.3 is 5.32 Å². The number of nitrogens with one attached hydrogen (secondary N) is 1. The highest BCUT2D eigenvalue weighted by atomic mass is 32.2. The van der Waals surface area contributed by atoms with Gasteiger partial charge in [0.25, 0.3) is 0 Å². The predicted octanol–water partition coefficient (Wildman–Crippen LogP) is 2.77. The molecule has 1 aliphatic rings. The van der Waals surface area contributed by atoms with Crippen LogP contribution in [0.5, 0.6) is 0 Å². The molecule has 26 heavy (non-hydrogen) atoms. The number of carbonyl (C=O) groups excluding carboxylic acids is 1. The molecule has 1 amide bonds. The molecule has 0 bridgehead atoms.